The molecule has 1 heterocycles. The third-order valence-corrected chi connectivity index (χ3v) is 2.92. The third-order valence-electron chi connectivity index (χ3n) is 1.49. The van der Waals surface area contributed by atoms with Crippen molar-refractivity contribution in [2.24, 2.45) is 5.41 Å². The summed E-state index contributed by atoms with van der Waals surface area (Å²) in [4.78, 5) is 0. The van der Waals surface area contributed by atoms with Gasteiger partial charge in [-0.05, 0) is 5.87 Å². The molecule has 0 atom stereocenters. The first-order valence-electron chi connectivity index (χ1n) is 3.63. The zero-order valence-electron chi connectivity index (χ0n) is 7.16. The number of nitrogens with one attached hydrogen (secondary N) is 1. The molecule has 0 saturated carbocycles. The quantitative estimate of drug-likeness (QED) is 0.507. The third kappa shape index (κ3) is 2.29. The molecule has 0 aliphatic carbocycles. The van der Waals surface area contributed by atoms with Crippen LogP contribution >= 0.6 is 7.60 Å². The van der Waals surface area contributed by atoms with E-state index in [4.69, 9.17) is 14.5 Å². The molecule has 0 aromatic carbocycles. The molecule has 0 bridgehead atoms. The van der Waals surface area contributed by atoms with Crippen LogP contribution in [0.5, 0.6) is 0 Å². The van der Waals surface area contributed by atoms with Gasteiger partial charge in [0.2, 0.25) is 0 Å². The number of hydrogen-bond acceptors (Lipinski definition) is 4. The zero-order chi connectivity index (χ0) is 9.24. The second kappa shape index (κ2) is 3.15. The van der Waals surface area contributed by atoms with Crippen molar-refractivity contribution in [2.45, 2.75) is 13.8 Å². The molecule has 68 valence electrons. The molecule has 0 unspecified atom stereocenters. The van der Waals surface area contributed by atoms with Crippen molar-refractivity contribution >= 4 is 13.5 Å². The van der Waals surface area contributed by atoms with Crippen molar-refractivity contribution in [3.05, 3.63) is 5.82 Å². The van der Waals surface area contributed by atoms with Crippen molar-refractivity contribution in [1.82, 2.24) is 0 Å². The van der Waals surface area contributed by atoms with Crippen LogP contribution in [0.4, 0.5) is 0 Å². The van der Waals surface area contributed by atoms with Crippen LogP contribution in [-0.2, 0) is 13.6 Å². The number of hydrogen-bond donors (Lipinski definition) is 1. The number of rotatable bonds is 1. The molecule has 0 amide bonds. The van der Waals surface area contributed by atoms with E-state index in [9.17, 15) is 4.57 Å². The first-order chi connectivity index (χ1) is 5.47. The molecule has 0 radical (unpaired) electrons. The summed E-state index contributed by atoms with van der Waals surface area (Å²) < 4.78 is 21.5. The van der Waals surface area contributed by atoms with Crippen molar-refractivity contribution in [2.75, 3.05) is 13.2 Å². The summed E-state index contributed by atoms with van der Waals surface area (Å²) in [5.74, 6) is 2.96. The highest BCUT2D eigenvalue weighted by Crippen LogP contribution is 2.54. The summed E-state index contributed by atoms with van der Waals surface area (Å²) in [7, 11) is -3.12. The lowest BCUT2D eigenvalue weighted by atomic mass is 9.97. The maximum Gasteiger partial charge on any atom is 0.363 e. The van der Waals surface area contributed by atoms with E-state index in [1.54, 1.807) is 0 Å². The van der Waals surface area contributed by atoms with E-state index in [0.717, 1.165) is 5.82 Å². The fourth-order valence-electron chi connectivity index (χ4n) is 0.762. The fraction of sp³-hybridized carbons (Fsp3) is 0.714. The van der Waals surface area contributed by atoms with Crippen molar-refractivity contribution in [3.8, 4) is 0 Å². The Morgan fingerprint density at radius 1 is 1.50 bits per heavy atom. The van der Waals surface area contributed by atoms with Gasteiger partial charge in [0.15, 0.2) is 0 Å². The van der Waals surface area contributed by atoms with Crippen molar-refractivity contribution in [1.29, 1.82) is 5.41 Å². The summed E-state index contributed by atoms with van der Waals surface area (Å²) >= 11 is 0. The van der Waals surface area contributed by atoms with Crippen LogP contribution in [0.1, 0.15) is 13.8 Å². The van der Waals surface area contributed by atoms with Crippen LogP contribution in [0.2, 0.25) is 0 Å². The lowest BCUT2D eigenvalue weighted by Gasteiger charge is -2.32. The monoisotopic (exact) mass is 189 g/mol. The molecular formula is C7H12NO3P. The van der Waals surface area contributed by atoms with E-state index in [-0.39, 0.29) is 5.41 Å². The normalized spacial score (nSPS) is 25.8. The Balaban J connectivity index is 2.68. The lowest BCUT2D eigenvalue weighted by Crippen LogP contribution is -2.28. The Kier molecular flexibility index (Phi) is 2.55. The van der Waals surface area contributed by atoms with Crippen LogP contribution in [0.15, 0.2) is 5.82 Å². The van der Waals surface area contributed by atoms with Gasteiger partial charge in [0.05, 0.1) is 19.0 Å². The van der Waals surface area contributed by atoms with Gasteiger partial charge in [-0.2, -0.15) is 0 Å². The molecule has 1 fully saturated rings. The molecule has 1 saturated heterocycles. The largest absolute Gasteiger partial charge is 0.363 e. The maximum absolute atomic E-state index is 11.4. The molecule has 1 N–H and O–H groups in total. The average Bonchev–Trinajstić information content (AvgIpc) is 1.98. The topological polar surface area (TPSA) is 59.4 Å². The van der Waals surface area contributed by atoms with Gasteiger partial charge in [0.25, 0.3) is 0 Å². The Morgan fingerprint density at radius 3 is 2.42 bits per heavy atom. The van der Waals surface area contributed by atoms with Crippen LogP contribution in [0.25, 0.3) is 0 Å². The van der Waals surface area contributed by atoms with Gasteiger partial charge in [0.1, 0.15) is 0 Å². The Labute approximate surface area is 71.6 Å². The smallest absolute Gasteiger partial charge is 0.304 e. The van der Waals surface area contributed by atoms with Crippen LogP contribution in [0, 0.1) is 10.8 Å². The van der Waals surface area contributed by atoms with E-state index >= 15 is 0 Å². The van der Waals surface area contributed by atoms with Crippen LogP contribution in [0.3, 0.4) is 0 Å². The molecule has 1 aliphatic rings. The van der Waals surface area contributed by atoms with Crippen LogP contribution < -0.4 is 0 Å². The van der Waals surface area contributed by atoms with E-state index in [0.29, 0.717) is 13.2 Å². The Morgan fingerprint density at radius 2 is 2.00 bits per heavy atom. The highest BCUT2D eigenvalue weighted by Gasteiger charge is 2.34. The van der Waals surface area contributed by atoms with Gasteiger partial charge >= 0.3 is 7.60 Å². The average molecular weight is 189 g/mol. The van der Waals surface area contributed by atoms with E-state index in [1.807, 2.05) is 19.7 Å². The molecule has 0 aromatic rings. The minimum absolute atomic E-state index is 0.0935. The van der Waals surface area contributed by atoms with Crippen molar-refractivity contribution in [3.63, 3.8) is 0 Å². The fourth-order valence-corrected chi connectivity index (χ4v) is 2.20. The van der Waals surface area contributed by atoms with Gasteiger partial charge < -0.3 is 9.05 Å². The summed E-state index contributed by atoms with van der Waals surface area (Å²) in [5.41, 5.74) is -0.0935. The van der Waals surface area contributed by atoms with E-state index in [1.165, 1.54) is 0 Å². The van der Waals surface area contributed by atoms with Gasteiger partial charge in [-0.25, -0.2) is 0 Å². The second-order valence-corrected chi connectivity index (χ2v) is 5.38. The van der Waals surface area contributed by atoms with E-state index in [2.05, 4.69) is 0 Å². The molecule has 1 aliphatic heterocycles. The minimum atomic E-state index is -3.12. The van der Waals surface area contributed by atoms with Gasteiger partial charge in [-0.15, -0.1) is 0 Å². The summed E-state index contributed by atoms with van der Waals surface area (Å²) in [6.07, 6.45) is 0. The van der Waals surface area contributed by atoms with Crippen LogP contribution in [-0.4, -0.2) is 19.1 Å². The molecular weight excluding hydrogens is 177 g/mol. The Bertz CT molecular complexity index is 254. The highest BCUT2D eigenvalue weighted by atomic mass is 31.2. The van der Waals surface area contributed by atoms with Gasteiger partial charge in [-0.3, -0.25) is 9.97 Å². The summed E-state index contributed by atoms with van der Waals surface area (Å²) in [6, 6.07) is 0. The maximum atomic E-state index is 11.4. The first kappa shape index (κ1) is 9.69. The molecule has 4 nitrogen and oxygen atoms in total. The zero-order valence-corrected chi connectivity index (χ0v) is 8.06. The standard InChI is InChI=1S/C7H12NO3P/c1-7(2)5-10-12(9,4-3-8)11-6-7/h4,8H,5-6H2,1-2H3. The molecule has 1 rings (SSSR count). The van der Waals surface area contributed by atoms with Gasteiger partial charge in [0, 0.05) is 5.41 Å². The Hall–Kier alpha value is -0.400. The summed E-state index contributed by atoms with van der Waals surface area (Å²) in [6.45, 7) is 4.71. The predicted octanol–water partition coefficient (Wildman–Crippen LogP) is 2.01. The molecule has 0 spiro atoms. The first-order valence-corrected chi connectivity index (χ1v) is 5.24. The predicted molar refractivity (Wildman–Crippen MR) is 45.6 cm³/mol. The molecule has 5 heteroatoms. The second-order valence-electron chi connectivity index (χ2n) is 3.52. The van der Waals surface area contributed by atoms with E-state index < -0.39 is 7.60 Å². The SMILES string of the molecule is CC1(C)COP(=O)(C=C=N)OC1. The lowest BCUT2D eigenvalue weighted by molar-refractivity contribution is 0.0459. The summed E-state index contributed by atoms with van der Waals surface area (Å²) in [5, 5.41) is 6.63. The van der Waals surface area contributed by atoms with Crippen molar-refractivity contribution < 1.29 is 13.6 Å². The minimum Gasteiger partial charge on any atom is -0.304 e. The molecule has 0 aromatic heterocycles. The highest BCUT2D eigenvalue weighted by molar-refractivity contribution is 7.57. The molecule has 12 heavy (non-hydrogen) atoms. The van der Waals surface area contributed by atoms with Gasteiger partial charge in [-0.1, -0.05) is 13.8 Å².